The molecule has 25 heavy (non-hydrogen) atoms. The van der Waals surface area contributed by atoms with Gasteiger partial charge >= 0.3 is 0 Å². The van der Waals surface area contributed by atoms with Gasteiger partial charge in [0.15, 0.2) is 0 Å². The first-order valence-electron chi connectivity index (χ1n) is 9.00. The summed E-state index contributed by atoms with van der Waals surface area (Å²) >= 11 is 0. The summed E-state index contributed by atoms with van der Waals surface area (Å²) in [4.78, 5) is 25.4. The molecule has 0 aliphatic carbocycles. The van der Waals surface area contributed by atoms with Gasteiger partial charge in [0, 0.05) is 32.0 Å². The Morgan fingerprint density at radius 1 is 1.16 bits per heavy atom. The minimum Gasteiger partial charge on any atom is -0.496 e. The number of piperidine rings is 1. The Bertz CT molecular complexity index is 571. The zero-order valence-electron chi connectivity index (χ0n) is 15.2. The minimum atomic E-state index is -0.118. The molecule has 1 aliphatic heterocycles. The predicted octanol–water partition coefficient (Wildman–Crippen LogP) is 1.86. The highest BCUT2D eigenvalue weighted by atomic mass is 16.5. The van der Waals surface area contributed by atoms with E-state index in [0.717, 1.165) is 24.4 Å². The van der Waals surface area contributed by atoms with Crippen LogP contribution >= 0.6 is 0 Å². The van der Waals surface area contributed by atoms with Crippen LogP contribution in [-0.4, -0.2) is 50.0 Å². The molecule has 2 amide bonds. The van der Waals surface area contributed by atoms with E-state index in [4.69, 9.17) is 4.74 Å². The average molecular weight is 347 g/mol. The second-order valence-electron chi connectivity index (χ2n) is 6.39. The molecule has 0 spiro atoms. The molecule has 1 heterocycles. The lowest BCUT2D eigenvalue weighted by molar-refractivity contribution is -0.121. The van der Waals surface area contributed by atoms with E-state index in [1.54, 1.807) is 7.11 Å². The largest absolute Gasteiger partial charge is 0.496 e. The second kappa shape index (κ2) is 10.0. The molecule has 2 N–H and O–H groups in total. The van der Waals surface area contributed by atoms with Crippen LogP contribution in [0.25, 0.3) is 0 Å². The Labute approximate surface area is 149 Å². The molecule has 6 nitrogen and oxygen atoms in total. The molecular formula is C19H29N3O3. The van der Waals surface area contributed by atoms with Gasteiger partial charge < -0.3 is 15.4 Å². The molecule has 6 heteroatoms. The summed E-state index contributed by atoms with van der Waals surface area (Å²) in [5, 5.41) is 5.66. The van der Waals surface area contributed by atoms with Gasteiger partial charge in [-0.05, 0) is 32.0 Å². The van der Waals surface area contributed by atoms with Crippen LogP contribution in [0, 0.1) is 0 Å². The maximum atomic E-state index is 12.1. The quantitative estimate of drug-likeness (QED) is 0.753. The summed E-state index contributed by atoms with van der Waals surface area (Å²) in [5.41, 5.74) is 1.11. The van der Waals surface area contributed by atoms with Crippen LogP contribution < -0.4 is 15.4 Å². The first-order chi connectivity index (χ1) is 12.1. The molecule has 1 saturated heterocycles. The van der Waals surface area contributed by atoms with Gasteiger partial charge in [0.1, 0.15) is 5.75 Å². The molecule has 138 valence electrons. The van der Waals surface area contributed by atoms with Gasteiger partial charge in [-0.3, -0.25) is 14.5 Å². The van der Waals surface area contributed by atoms with Gasteiger partial charge in [0.25, 0.3) is 0 Å². The van der Waals surface area contributed by atoms with E-state index in [2.05, 4.69) is 21.6 Å². The van der Waals surface area contributed by atoms with Gasteiger partial charge in [0.05, 0.1) is 13.2 Å². The number of para-hydroxylation sites is 1. The topological polar surface area (TPSA) is 70.7 Å². The zero-order chi connectivity index (χ0) is 18.1. The fraction of sp³-hybridized carbons (Fsp3) is 0.579. The first kappa shape index (κ1) is 19.2. The third kappa shape index (κ3) is 6.05. The zero-order valence-corrected chi connectivity index (χ0v) is 15.2. The van der Waals surface area contributed by atoms with Crippen molar-refractivity contribution in [2.45, 2.75) is 38.6 Å². The number of amides is 2. The molecule has 0 radical (unpaired) electrons. The number of benzene rings is 1. The highest BCUT2D eigenvalue weighted by Crippen LogP contribution is 2.30. The molecule has 0 aromatic heterocycles. The van der Waals surface area contributed by atoms with Crippen molar-refractivity contribution in [3.63, 3.8) is 0 Å². The Hall–Kier alpha value is -2.08. The fourth-order valence-corrected chi connectivity index (χ4v) is 3.26. The number of methoxy groups -OCH3 is 1. The number of likely N-dealkylation sites (tertiary alicyclic amines) is 1. The van der Waals surface area contributed by atoms with E-state index in [0.29, 0.717) is 13.1 Å². The molecule has 2 rings (SSSR count). The van der Waals surface area contributed by atoms with Crippen LogP contribution in [-0.2, 0) is 9.59 Å². The lowest BCUT2D eigenvalue weighted by Crippen LogP contribution is -2.41. The highest BCUT2D eigenvalue weighted by Gasteiger charge is 2.25. The van der Waals surface area contributed by atoms with Crippen molar-refractivity contribution in [1.82, 2.24) is 15.5 Å². The minimum absolute atomic E-state index is 0.0503. The molecular weight excluding hydrogens is 318 g/mol. The molecule has 0 saturated carbocycles. The van der Waals surface area contributed by atoms with Crippen molar-refractivity contribution >= 4 is 11.8 Å². The smallest absolute Gasteiger partial charge is 0.221 e. The van der Waals surface area contributed by atoms with E-state index in [1.165, 1.54) is 26.2 Å². The van der Waals surface area contributed by atoms with Crippen molar-refractivity contribution in [2.24, 2.45) is 0 Å². The van der Waals surface area contributed by atoms with Gasteiger partial charge in [-0.2, -0.15) is 0 Å². The number of nitrogens with one attached hydrogen (secondary N) is 2. The third-order valence-corrected chi connectivity index (χ3v) is 4.55. The number of hydrogen-bond donors (Lipinski definition) is 2. The maximum Gasteiger partial charge on any atom is 0.221 e. The fourth-order valence-electron chi connectivity index (χ4n) is 3.26. The summed E-state index contributed by atoms with van der Waals surface area (Å²) in [5.74, 6) is 0.684. The van der Waals surface area contributed by atoms with Gasteiger partial charge in [-0.1, -0.05) is 24.6 Å². The lowest BCUT2D eigenvalue weighted by atomic mass is 10.0. The van der Waals surface area contributed by atoms with Gasteiger partial charge in [-0.25, -0.2) is 0 Å². The monoisotopic (exact) mass is 347 g/mol. The summed E-state index contributed by atoms with van der Waals surface area (Å²) in [6, 6.07) is 8.10. The van der Waals surface area contributed by atoms with E-state index >= 15 is 0 Å². The Morgan fingerprint density at radius 3 is 2.56 bits per heavy atom. The van der Waals surface area contributed by atoms with E-state index in [1.807, 2.05) is 18.2 Å². The van der Waals surface area contributed by atoms with Crippen LogP contribution in [0.2, 0.25) is 0 Å². The van der Waals surface area contributed by atoms with E-state index < -0.39 is 0 Å². The van der Waals surface area contributed by atoms with Crippen molar-refractivity contribution in [2.75, 3.05) is 33.3 Å². The van der Waals surface area contributed by atoms with Gasteiger partial charge in [-0.15, -0.1) is 0 Å². The molecule has 1 unspecified atom stereocenters. The normalized spacial score (nSPS) is 16.1. The number of rotatable bonds is 8. The average Bonchev–Trinajstić information content (AvgIpc) is 2.63. The second-order valence-corrected chi connectivity index (χ2v) is 6.39. The Morgan fingerprint density at radius 2 is 1.88 bits per heavy atom. The number of nitrogens with zero attached hydrogens (tertiary/aromatic N) is 1. The summed E-state index contributed by atoms with van der Waals surface area (Å²) in [6.07, 6.45) is 3.92. The van der Waals surface area contributed by atoms with Gasteiger partial charge in [0.2, 0.25) is 11.8 Å². The third-order valence-electron chi connectivity index (χ3n) is 4.55. The number of carbonyl (C=O) groups excluding carboxylic acids is 2. The van der Waals surface area contributed by atoms with E-state index in [9.17, 15) is 9.59 Å². The Balaban J connectivity index is 2.02. The van der Waals surface area contributed by atoms with Crippen LogP contribution in [0.5, 0.6) is 5.75 Å². The highest BCUT2D eigenvalue weighted by molar-refractivity contribution is 5.77. The van der Waals surface area contributed by atoms with Crippen molar-refractivity contribution in [3.05, 3.63) is 29.8 Å². The number of hydrogen-bond acceptors (Lipinski definition) is 4. The molecule has 1 aromatic carbocycles. The van der Waals surface area contributed by atoms with Crippen molar-refractivity contribution in [1.29, 1.82) is 0 Å². The Kier molecular flexibility index (Phi) is 7.73. The van der Waals surface area contributed by atoms with Crippen LogP contribution in [0.4, 0.5) is 0 Å². The van der Waals surface area contributed by atoms with Crippen LogP contribution in [0.15, 0.2) is 24.3 Å². The lowest BCUT2D eigenvalue weighted by Gasteiger charge is -2.35. The molecule has 1 aromatic rings. The number of carbonyl (C=O) groups is 2. The van der Waals surface area contributed by atoms with Crippen LogP contribution in [0.3, 0.4) is 0 Å². The standard InChI is InChI=1S/C19H29N3O3/c1-15(23)20-11-10-19(24)21-14-17(22-12-6-3-7-13-22)16-8-4-5-9-18(16)25-2/h4-5,8-9,17H,3,6-7,10-14H2,1-2H3,(H,20,23)(H,21,24). The van der Waals surface area contributed by atoms with Crippen LogP contribution in [0.1, 0.15) is 44.2 Å². The first-order valence-corrected chi connectivity index (χ1v) is 9.00. The maximum absolute atomic E-state index is 12.1. The summed E-state index contributed by atoms with van der Waals surface area (Å²) < 4.78 is 5.53. The van der Waals surface area contributed by atoms with Crippen molar-refractivity contribution in [3.8, 4) is 5.75 Å². The number of ether oxygens (including phenoxy) is 1. The van der Waals surface area contributed by atoms with Crippen molar-refractivity contribution < 1.29 is 14.3 Å². The molecule has 1 atom stereocenters. The molecule has 1 aliphatic rings. The SMILES string of the molecule is COc1ccccc1C(CNC(=O)CCNC(C)=O)N1CCCCC1. The summed E-state index contributed by atoms with van der Waals surface area (Å²) in [7, 11) is 1.68. The van der Waals surface area contributed by atoms with E-state index in [-0.39, 0.29) is 24.3 Å². The predicted molar refractivity (Wildman–Crippen MR) is 97.5 cm³/mol. The molecule has 1 fully saturated rings. The summed E-state index contributed by atoms with van der Waals surface area (Å²) in [6.45, 7) is 4.42. The molecule has 0 bridgehead atoms.